The number of benzene rings is 2. The van der Waals surface area contributed by atoms with E-state index in [2.05, 4.69) is 62.7 Å². The third-order valence-corrected chi connectivity index (χ3v) is 7.16. The molecular formula is C26H32N8O. The predicted molar refractivity (Wildman–Crippen MR) is 136 cm³/mol. The van der Waals surface area contributed by atoms with Gasteiger partial charge in [0.2, 0.25) is 11.9 Å². The quantitative estimate of drug-likeness (QED) is 0.366. The van der Waals surface area contributed by atoms with Crippen LogP contribution >= 0.6 is 0 Å². The van der Waals surface area contributed by atoms with Crippen molar-refractivity contribution in [2.45, 2.75) is 59.0 Å². The molecule has 2 aromatic carbocycles. The van der Waals surface area contributed by atoms with Gasteiger partial charge in [-0.25, -0.2) is 10.1 Å². The lowest BCUT2D eigenvalue weighted by Gasteiger charge is -2.41. The number of carbonyl (C=O) groups is 1. The van der Waals surface area contributed by atoms with Crippen molar-refractivity contribution >= 4 is 28.8 Å². The van der Waals surface area contributed by atoms with Gasteiger partial charge in [0.1, 0.15) is 0 Å². The predicted octanol–water partition coefficient (Wildman–Crippen LogP) is 4.94. The number of nitrogens with one attached hydrogen (secondary N) is 3. The highest BCUT2D eigenvalue weighted by Crippen LogP contribution is 2.40. The van der Waals surface area contributed by atoms with Crippen molar-refractivity contribution < 1.29 is 4.79 Å². The zero-order valence-corrected chi connectivity index (χ0v) is 20.5. The summed E-state index contributed by atoms with van der Waals surface area (Å²) >= 11 is 0. The Morgan fingerprint density at radius 2 is 1.80 bits per heavy atom. The van der Waals surface area contributed by atoms with E-state index in [1.54, 1.807) is 0 Å². The molecule has 0 spiro atoms. The van der Waals surface area contributed by atoms with Crippen LogP contribution in [0.2, 0.25) is 0 Å². The average molecular weight is 473 g/mol. The molecule has 1 amide bonds. The van der Waals surface area contributed by atoms with Gasteiger partial charge < -0.3 is 9.88 Å². The number of amides is 1. The van der Waals surface area contributed by atoms with E-state index in [9.17, 15) is 4.79 Å². The monoisotopic (exact) mass is 472 g/mol. The van der Waals surface area contributed by atoms with Crippen LogP contribution in [0.5, 0.6) is 0 Å². The Morgan fingerprint density at radius 3 is 2.46 bits per heavy atom. The molecule has 1 aliphatic carbocycles. The van der Waals surface area contributed by atoms with E-state index in [0.29, 0.717) is 17.0 Å². The van der Waals surface area contributed by atoms with Gasteiger partial charge in [0.25, 0.3) is 5.91 Å². The molecule has 1 fully saturated rings. The Bertz CT molecular complexity index is 1230. The molecule has 2 aromatic heterocycles. The summed E-state index contributed by atoms with van der Waals surface area (Å²) in [7, 11) is 0. The summed E-state index contributed by atoms with van der Waals surface area (Å²) in [5.74, 6) is 1.62. The third-order valence-electron chi connectivity index (χ3n) is 7.16. The molecular weight excluding hydrogens is 440 g/mol. The molecule has 5 rings (SSSR count). The molecule has 9 heteroatoms. The van der Waals surface area contributed by atoms with Crippen LogP contribution in [-0.4, -0.2) is 42.5 Å². The standard InChI is InChI=1S/C26H32N8O/c1-26(2,3)19-12-14-20(15-13-19)34(25-27-21-6-4-5-7-22(21)28-25)16-17-8-10-18(11-9-17)23(35)29-24-30-32-33-31-24/h4-11,19-20H,12-16H2,1-3H3,(H,27,28)(H2,29,30,31,32,33,35). The van der Waals surface area contributed by atoms with Crippen molar-refractivity contribution in [3.05, 3.63) is 59.7 Å². The van der Waals surface area contributed by atoms with E-state index >= 15 is 0 Å². The van der Waals surface area contributed by atoms with E-state index in [-0.39, 0.29) is 11.9 Å². The van der Waals surface area contributed by atoms with Crippen LogP contribution in [-0.2, 0) is 6.54 Å². The summed E-state index contributed by atoms with van der Waals surface area (Å²) in [6.45, 7) is 7.78. The number of hydrogen-bond donors (Lipinski definition) is 3. The molecule has 9 nitrogen and oxygen atoms in total. The fourth-order valence-corrected chi connectivity index (χ4v) is 5.06. The van der Waals surface area contributed by atoms with Crippen molar-refractivity contribution in [3.8, 4) is 0 Å². The highest BCUT2D eigenvalue weighted by molar-refractivity contribution is 6.03. The molecule has 0 unspecified atom stereocenters. The highest BCUT2D eigenvalue weighted by Gasteiger charge is 2.33. The highest BCUT2D eigenvalue weighted by atomic mass is 16.1. The second kappa shape index (κ2) is 9.48. The number of anilines is 2. The molecule has 0 radical (unpaired) electrons. The van der Waals surface area contributed by atoms with Crippen molar-refractivity contribution in [1.82, 2.24) is 30.6 Å². The average Bonchev–Trinajstić information content (AvgIpc) is 3.52. The van der Waals surface area contributed by atoms with E-state index in [4.69, 9.17) is 4.98 Å². The summed E-state index contributed by atoms with van der Waals surface area (Å²) in [5, 5.41) is 15.8. The summed E-state index contributed by atoms with van der Waals surface area (Å²) in [5.41, 5.74) is 4.04. The van der Waals surface area contributed by atoms with Gasteiger partial charge in [-0.2, -0.15) is 0 Å². The Kier molecular flexibility index (Phi) is 6.23. The van der Waals surface area contributed by atoms with E-state index in [1.165, 1.54) is 12.8 Å². The third kappa shape index (κ3) is 5.18. The maximum atomic E-state index is 12.5. The zero-order chi connectivity index (χ0) is 24.4. The van der Waals surface area contributed by atoms with Crippen molar-refractivity contribution in [3.63, 3.8) is 0 Å². The molecule has 0 aliphatic heterocycles. The van der Waals surface area contributed by atoms with Crippen LogP contribution in [0.1, 0.15) is 62.4 Å². The number of hydrogen-bond acceptors (Lipinski definition) is 6. The second-order valence-electron chi connectivity index (χ2n) is 10.5. The maximum Gasteiger partial charge on any atom is 0.258 e. The molecule has 1 aliphatic rings. The first kappa shape index (κ1) is 23.0. The lowest BCUT2D eigenvalue weighted by Crippen LogP contribution is -2.40. The summed E-state index contributed by atoms with van der Waals surface area (Å²) in [6.07, 6.45) is 4.73. The molecule has 2 heterocycles. The molecule has 4 aromatic rings. The summed E-state index contributed by atoms with van der Waals surface area (Å²) in [4.78, 5) is 23.3. The van der Waals surface area contributed by atoms with Gasteiger partial charge in [-0.1, -0.05) is 50.1 Å². The Morgan fingerprint density at radius 1 is 1.06 bits per heavy atom. The molecule has 35 heavy (non-hydrogen) atoms. The van der Waals surface area contributed by atoms with Crippen LogP contribution in [0.3, 0.4) is 0 Å². The van der Waals surface area contributed by atoms with E-state index < -0.39 is 0 Å². The summed E-state index contributed by atoms with van der Waals surface area (Å²) in [6, 6.07) is 16.2. The van der Waals surface area contributed by atoms with E-state index in [0.717, 1.165) is 47.8 Å². The molecule has 3 N–H and O–H groups in total. The molecule has 0 atom stereocenters. The van der Waals surface area contributed by atoms with Gasteiger partial charge in [-0.15, -0.1) is 0 Å². The van der Waals surface area contributed by atoms with Crippen molar-refractivity contribution in [2.24, 2.45) is 11.3 Å². The number of carbonyl (C=O) groups excluding carboxylic acids is 1. The van der Waals surface area contributed by atoms with Crippen LogP contribution in [0.25, 0.3) is 11.0 Å². The largest absolute Gasteiger partial charge is 0.335 e. The fourth-order valence-electron chi connectivity index (χ4n) is 5.06. The smallest absolute Gasteiger partial charge is 0.258 e. The van der Waals surface area contributed by atoms with Gasteiger partial charge in [-0.3, -0.25) is 10.1 Å². The minimum absolute atomic E-state index is 0.223. The molecule has 182 valence electrons. The van der Waals surface area contributed by atoms with Crippen LogP contribution in [0, 0.1) is 11.3 Å². The first-order valence-electron chi connectivity index (χ1n) is 12.2. The minimum atomic E-state index is -0.259. The maximum absolute atomic E-state index is 12.5. The Balaban J connectivity index is 1.35. The van der Waals surface area contributed by atoms with Crippen LogP contribution in [0.4, 0.5) is 11.9 Å². The van der Waals surface area contributed by atoms with Gasteiger partial charge in [0.05, 0.1) is 11.0 Å². The lowest BCUT2D eigenvalue weighted by molar-refractivity contribution is 0.102. The summed E-state index contributed by atoms with van der Waals surface area (Å²) < 4.78 is 0. The molecule has 1 saturated carbocycles. The topological polar surface area (TPSA) is 115 Å². The van der Waals surface area contributed by atoms with Crippen molar-refractivity contribution in [2.75, 3.05) is 10.2 Å². The number of imidazole rings is 1. The van der Waals surface area contributed by atoms with Gasteiger partial charge in [0.15, 0.2) is 0 Å². The number of H-pyrrole nitrogens is 2. The number of nitrogens with zero attached hydrogens (tertiary/aromatic N) is 5. The van der Waals surface area contributed by atoms with Crippen molar-refractivity contribution in [1.29, 1.82) is 0 Å². The van der Waals surface area contributed by atoms with Gasteiger partial charge in [-0.05, 0) is 77.3 Å². The minimum Gasteiger partial charge on any atom is -0.335 e. The zero-order valence-electron chi connectivity index (χ0n) is 20.5. The molecule has 0 bridgehead atoms. The van der Waals surface area contributed by atoms with Crippen LogP contribution in [0.15, 0.2) is 48.5 Å². The number of aromatic nitrogens is 6. The van der Waals surface area contributed by atoms with Gasteiger partial charge in [0, 0.05) is 18.2 Å². The first-order chi connectivity index (χ1) is 16.9. The second-order valence-corrected chi connectivity index (χ2v) is 10.5. The number of aromatic amines is 2. The number of para-hydroxylation sites is 2. The fraction of sp³-hybridized carbons (Fsp3) is 0.423. The van der Waals surface area contributed by atoms with E-state index in [1.807, 2.05) is 42.5 Å². The molecule has 0 saturated heterocycles. The number of rotatable bonds is 6. The first-order valence-corrected chi connectivity index (χ1v) is 12.2. The Hall–Kier alpha value is -3.75. The van der Waals surface area contributed by atoms with Crippen LogP contribution < -0.4 is 10.2 Å². The normalized spacial score (nSPS) is 18.5. The SMILES string of the molecule is CC(C)(C)C1CCC(N(Cc2ccc(C(=O)Nc3nnn[nH]3)cc2)c2nc3ccccc3[nH]2)CC1. The van der Waals surface area contributed by atoms with Gasteiger partial charge >= 0.3 is 0 Å². The number of fused-ring (bicyclic) bond motifs is 1. The lowest BCUT2D eigenvalue weighted by atomic mass is 9.71. The Labute approximate surface area is 204 Å². The number of tetrazole rings is 1.